The molecule has 7 nitrogen and oxygen atoms in total. The van der Waals surface area contributed by atoms with E-state index in [0.717, 1.165) is 25.9 Å². The van der Waals surface area contributed by atoms with Crippen molar-refractivity contribution in [1.29, 1.82) is 0 Å². The average Bonchev–Trinajstić information content (AvgIpc) is 2.97. The molecule has 3 N–H and O–H groups in total. The number of nitrogens with zero attached hydrogens (tertiary/aromatic N) is 1. The highest BCUT2D eigenvalue weighted by Crippen LogP contribution is 2.33. The largest absolute Gasteiger partial charge is 0.483 e. The third kappa shape index (κ3) is 11.0. The fourth-order valence-electron chi connectivity index (χ4n) is 3.98. The molecule has 0 saturated carbocycles. The Labute approximate surface area is 243 Å². The molecule has 1 atom stereocenters. The standard InChI is InChI=1S/C23H23ClFN3O2.3C2H6.CH2O2.CH4/c1-14(23(30)28-9-3-2-4-10-28)27-16-6-8-17-19(12-16)22(29)26-13-20(17)18-7-5-15(25)11-21(18)24;3*1-2;2-1-3;/h5-8,11-14,27H,2-4,9-10H2,1H3,(H,26,29);3*1-2H3;1H,(H,2,3);1H4. The summed E-state index contributed by atoms with van der Waals surface area (Å²) >= 11 is 6.23. The van der Waals surface area contributed by atoms with Gasteiger partial charge >= 0.3 is 0 Å². The van der Waals surface area contributed by atoms with Crippen molar-refractivity contribution in [3.63, 3.8) is 0 Å². The summed E-state index contributed by atoms with van der Waals surface area (Å²) in [6.45, 7) is 15.2. The van der Waals surface area contributed by atoms with E-state index in [1.807, 2.05) is 65.5 Å². The first-order valence-corrected chi connectivity index (χ1v) is 14.0. The maximum Gasteiger partial charge on any atom is 0.290 e. The topological polar surface area (TPSA) is 103 Å². The molecule has 3 aromatic rings. The van der Waals surface area contributed by atoms with Crippen LogP contribution in [0.2, 0.25) is 5.02 Å². The smallest absolute Gasteiger partial charge is 0.290 e. The molecule has 1 aliphatic heterocycles. The number of rotatable bonds is 4. The van der Waals surface area contributed by atoms with Gasteiger partial charge in [0, 0.05) is 41.5 Å². The van der Waals surface area contributed by atoms with Gasteiger partial charge in [0.2, 0.25) is 5.91 Å². The maximum absolute atomic E-state index is 13.4. The molecule has 224 valence electrons. The molecular weight excluding hydrogens is 533 g/mol. The Morgan fingerprint density at radius 3 is 2.12 bits per heavy atom. The molecule has 2 heterocycles. The van der Waals surface area contributed by atoms with Crippen molar-refractivity contribution in [2.45, 2.75) is 81.2 Å². The summed E-state index contributed by atoms with van der Waals surface area (Å²) in [6.07, 6.45) is 4.83. The molecule has 9 heteroatoms. The van der Waals surface area contributed by atoms with Gasteiger partial charge in [-0.15, -0.1) is 0 Å². The zero-order valence-corrected chi connectivity index (χ0v) is 24.9. The van der Waals surface area contributed by atoms with Crippen LogP contribution in [0, 0.1) is 5.82 Å². The monoisotopic (exact) mass is 579 g/mol. The normalized spacial score (nSPS) is 12.2. The molecule has 0 spiro atoms. The summed E-state index contributed by atoms with van der Waals surface area (Å²) in [5, 5.41) is 11.5. The van der Waals surface area contributed by atoms with E-state index < -0.39 is 11.9 Å². The molecule has 0 radical (unpaired) electrons. The Balaban J connectivity index is 0. The van der Waals surface area contributed by atoms with Crippen molar-refractivity contribution in [2.75, 3.05) is 18.4 Å². The number of pyridine rings is 1. The first-order valence-electron chi connectivity index (χ1n) is 13.6. The second-order valence-corrected chi connectivity index (χ2v) is 8.18. The zero-order valence-electron chi connectivity index (χ0n) is 24.1. The molecule has 40 heavy (non-hydrogen) atoms. The van der Waals surface area contributed by atoms with Crippen LogP contribution < -0.4 is 10.9 Å². The number of carbonyl (C=O) groups excluding carboxylic acids is 1. The van der Waals surface area contributed by atoms with E-state index in [1.54, 1.807) is 18.3 Å². The van der Waals surface area contributed by atoms with E-state index in [4.69, 9.17) is 21.5 Å². The van der Waals surface area contributed by atoms with Gasteiger partial charge in [0.1, 0.15) is 11.9 Å². The number of carbonyl (C=O) groups is 2. The number of aromatic amines is 1. The zero-order chi connectivity index (χ0) is 30.0. The number of anilines is 1. The van der Waals surface area contributed by atoms with Crippen molar-refractivity contribution >= 4 is 40.4 Å². The Kier molecular flexibility index (Phi) is 20.8. The Hall–Kier alpha value is -3.39. The van der Waals surface area contributed by atoms with Gasteiger partial charge in [-0.1, -0.05) is 66.6 Å². The van der Waals surface area contributed by atoms with E-state index in [-0.39, 0.29) is 30.4 Å². The molecule has 1 aromatic heterocycles. The highest BCUT2D eigenvalue weighted by Gasteiger charge is 2.22. The molecule has 0 aliphatic carbocycles. The van der Waals surface area contributed by atoms with Crippen LogP contribution >= 0.6 is 11.6 Å². The van der Waals surface area contributed by atoms with E-state index in [0.29, 0.717) is 27.6 Å². The quantitative estimate of drug-likeness (QED) is 0.270. The SMILES string of the molecule is C.CC.CC.CC.CC(Nc1ccc2c(-c3ccc(F)cc3Cl)c[nH]c(=O)c2c1)C(=O)N1CCCCC1.O=CO. The number of hydrogen-bond donors (Lipinski definition) is 3. The third-order valence-electron chi connectivity index (χ3n) is 5.54. The number of aromatic nitrogens is 1. The van der Waals surface area contributed by atoms with Crippen LogP contribution in [-0.2, 0) is 9.59 Å². The summed E-state index contributed by atoms with van der Waals surface area (Å²) in [5.41, 5.74) is 1.78. The first-order chi connectivity index (χ1) is 18.8. The van der Waals surface area contributed by atoms with Gasteiger partial charge in [-0.2, -0.15) is 0 Å². The van der Waals surface area contributed by atoms with Crippen LogP contribution in [-0.4, -0.2) is 46.5 Å². The van der Waals surface area contributed by atoms with Crippen LogP contribution in [0.4, 0.5) is 10.1 Å². The summed E-state index contributed by atoms with van der Waals surface area (Å²) in [7, 11) is 0. The van der Waals surface area contributed by atoms with Gasteiger partial charge in [-0.25, -0.2) is 4.39 Å². The minimum atomic E-state index is -0.420. The molecule has 0 bridgehead atoms. The molecule has 2 aromatic carbocycles. The van der Waals surface area contributed by atoms with E-state index in [2.05, 4.69) is 10.3 Å². The fourth-order valence-corrected chi connectivity index (χ4v) is 4.25. The number of halogens is 2. The third-order valence-corrected chi connectivity index (χ3v) is 5.86. The highest BCUT2D eigenvalue weighted by molar-refractivity contribution is 6.33. The minimum absolute atomic E-state index is 0. The predicted molar refractivity (Wildman–Crippen MR) is 168 cm³/mol. The van der Waals surface area contributed by atoms with Crippen molar-refractivity contribution in [1.82, 2.24) is 9.88 Å². The predicted octanol–water partition coefficient (Wildman–Crippen LogP) is 8.22. The number of hydrogen-bond acceptors (Lipinski definition) is 4. The lowest BCUT2D eigenvalue weighted by Gasteiger charge is -2.29. The van der Waals surface area contributed by atoms with Crippen LogP contribution in [0.1, 0.15) is 75.2 Å². The maximum atomic E-state index is 13.4. The van der Waals surface area contributed by atoms with Crippen molar-refractivity contribution in [3.8, 4) is 11.1 Å². The second kappa shape index (κ2) is 21.4. The Morgan fingerprint density at radius 2 is 1.57 bits per heavy atom. The van der Waals surface area contributed by atoms with Gasteiger partial charge in [0.15, 0.2) is 0 Å². The first kappa shape index (κ1) is 38.8. The summed E-state index contributed by atoms with van der Waals surface area (Å²) in [4.78, 5) is 38.1. The Morgan fingerprint density at radius 1 is 1.00 bits per heavy atom. The molecular formula is C31H47ClFN3O4. The number of benzene rings is 2. The molecule has 1 fully saturated rings. The highest BCUT2D eigenvalue weighted by atomic mass is 35.5. The van der Waals surface area contributed by atoms with Gasteiger partial charge in [-0.3, -0.25) is 14.4 Å². The van der Waals surface area contributed by atoms with E-state index in [1.165, 1.54) is 18.6 Å². The number of likely N-dealkylation sites (tertiary alicyclic amines) is 1. The molecule has 1 saturated heterocycles. The summed E-state index contributed by atoms with van der Waals surface area (Å²) in [6, 6.07) is 9.17. The number of amides is 1. The second-order valence-electron chi connectivity index (χ2n) is 7.77. The van der Waals surface area contributed by atoms with Crippen LogP contribution in [0.5, 0.6) is 0 Å². The molecule has 4 rings (SSSR count). The lowest BCUT2D eigenvalue weighted by atomic mass is 10.00. The fraction of sp³-hybridized carbons (Fsp3) is 0.452. The van der Waals surface area contributed by atoms with E-state index >= 15 is 0 Å². The molecule has 1 amide bonds. The summed E-state index contributed by atoms with van der Waals surface area (Å²) < 4.78 is 13.4. The number of carboxylic acid groups (broad SMARTS) is 1. The van der Waals surface area contributed by atoms with Crippen LogP contribution in [0.15, 0.2) is 47.4 Å². The van der Waals surface area contributed by atoms with Crippen molar-refractivity contribution in [3.05, 3.63) is 63.8 Å². The summed E-state index contributed by atoms with van der Waals surface area (Å²) in [5.74, 6) is -0.355. The molecule has 1 unspecified atom stereocenters. The van der Waals surface area contributed by atoms with Crippen molar-refractivity contribution < 1.29 is 19.1 Å². The van der Waals surface area contributed by atoms with Gasteiger partial charge < -0.3 is 20.3 Å². The number of nitrogens with one attached hydrogen (secondary N) is 2. The molecule has 1 aliphatic rings. The van der Waals surface area contributed by atoms with Gasteiger partial charge in [0.05, 0.1) is 5.02 Å². The Bertz CT molecular complexity index is 1210. The van der Waals surface area contributed by atoms with Crippen molar-refractivity contribution in [2.24, 2.45) is 0 Å². The average molecular weight is 580 g/mol. The van der Waals surface area contributed by atoms with Gasteiger partial charge in [-0.05, 0) is 61.9 Å². The number of H-pyrrole nitrogens is 1. The number of fused-ring (bicyclic) bond motifs is 1. The lowest BCUT2D eigenvalue weighted by molar-refractivity contribution is -0.132. The van der Waals surface area contributed by atoms with E-state index in [9.17, 15) is 14.0 Å². The number of piperidine rings is 1. The lowest BCUT2D eigenvalue weighted by Crippen LogP contribution is -2.43. The van der Waals surface area contributed by atoms with Crippen LogP contribution in [0.25, 0.3) is 21.9 Å². The van der Waals surface area contributed by atoms with Crippen LogP contribution in [0.3, 0.4) is 0 Å². The van der Waals surface area contributed by atoms with Gasteiger partial charge in [0.25, 0.3) is 12.0 Å². The minimum Gasteiger partial charge on any atom is -0.483 e.